The second kappa shape index (κ2) is 12.3. The van der Waals surface area contributed by atoms with E-state index in [2.05, 4.69) is 106 Å². The van der Waals surface area contributed by atoms with Gasteiger partial charge in [-0.2, -0.15) is 0 Å². The first-order chi connectivity index (χ1) is 14.7. The largest absolute Gasteiger partial charge is 0.439 e. The molecule has 0 aromatic heterocycles. The van der Waals surface area contributed by atoms with E-state index in [9.17, 15) is 0 Å². The number of hydrogen-bond acceptors (Lipinski definition) is 2. The average Bonchev–Trinajstić information content (AvgIpc) is 2.67. The maximum Gasteiger partial charge on any atom is 0.191 e. The lowest BCUT2D eigenvalue weighted by Gasteiger charge is -2.36. The van der Waals surface area contributed by atoms with E-state index in [-0.39, 0.29) is 11.1 Å². The third-order valence-electron chi connectivity index (χ3n) is 6.86. The highest BCUT2D eigenvalue weighted by atomic mass is 28.4. The summed E-state index contributed by atoms with van der Waals surface area (Å²) in [5.41, 5.74) is 5.55. The van der Waals surface area contributed by atoms with Crippen LogP contribution in [-0.2, 0) is 9.16 Å². The van der Waals surface area contributed by atoms with Crippen molar-refractivity contribution in [3.8, 4) is 12.0 Å². The van der Waals surface area contributed by atoms with Crippen molar-refractivity contribution in [2.45, 2.75) is 130 Å². The van der Waals surface area contributed by atoms with Gasteiger partial charge in [0, 0.05) is 18.6 Å². The van der Waals surface area contributed by atoms with Crippen LogP contribution in [0.5, 0.6) is 0 Å². The summed E-state index contributed by atoms with van der Waals surface area (Å²) in [6.45, 7) is 28.1. The third kappa shape index (κ3) is 8.27. The van der Waals surface area contributed by atoms with Gasteiger partial charge in [-0.25, -0.2) is 0 Å². The van der Waals surface area contributed by atoms with Crippen molar-refractivity contribution in [2.24, 2.45) is 0 Å². The summed E-state index contributed by atoms with van der Waals surface area (Å²) in [5.74, 6) is 4.67. The molecule has 0 spiro atoms. The van der Waals surface area contributed by atoms with E-state index in [1.807, 2.05) is 0 Å². The SMILES string of the molecule is CC(C)c1cc(C(C)C)c(C(C)OC#CCCCCO[Si](C)(C)C(C)(C)C)c(C(C)C)c1. The highest BCUT2D eigenvalue weighted by Crippen LogP contribution is 2.37. The maximum atomic E-state index is 6.25. The zero-order valence-electron chi connectivity index (χ0n) is 23.1. The van der Waals surface area contributed by atoms with Crippen molar-refractivity contribution >= 4 is 8.32 Å². The standard InChI is InChI=1S/C29H50O2Si/c1-21(2)25-19-26(22(3)4)28(27(20-25)23(5)6)24(7)30-17-15-13-14-16-18-31-32(11,12)29(8,9)10/h19-24H,13-14,16,18H2,1-12H3. The van der Waals surface area contributed by atoms with Gasteiger partial charge in [0.05, 0.1) is 0 Å². The molecule has 1 aromatic carbocycles. The zero-order valence-corrected chi connectivity index (χ0v) is 24.1. The fourth-order valence-corrected chi connectivity index (χ4v) is 4.67. The minimum absolute atomic E-state index is 0.0274. The van der Waals surface area contributed by atoms with E-state index < -0.39 is 8.32 Å². The molecular weight excluding hydrogens is 408 g/mol. The summed E-state index contributed by atoms with van der Waals surface area (Å²) in [4.78, 5) is 0. The normalized spacial score (nSPS) is 13.5. The molecule has 0 fully saturated rings. The van der Waals surface area contributed by atoms with E-state index in [0.29, 0.717) is 17.8 Å². The Labute approximate surface area is 201 Å². The Morgan fingerprint density at radius 3 is 1.81 bits per heavy atom. The summed E-state index contributed by atoms with van der Waals surface area (Å²) >= 11 is 0. The molecule has 1 unspecified atom stereocenters. The molecule has 3 heteroatoms. The molecular formula is C29H50O2Si. The van der Waals surface area contributed by atoms with Crippen LogP contribution in [0.4, 0.5) is 0 Å². The Balaban J connectivity index is 2.74. The van der Waals surface area contributed by atoms with Gasteiger partial charge in [0.15, 0.2) is 8.32 Å². The highest BCUT2D eigenvalue weighted by molar-refractivity contribution is 6.74. The Hall–Kier alpha value is -1.24. The van der Waals surface area contributed by atoms with Crippen molar-refractivity contribution in [2.75, 3.05) is 6.61 Å². The lowest BCUT2D eigenvalue weighted by Crippen LogP contribution is -2.40. The quantitative estimate of drug-likeness (QED) is 0.197. The highest BCUT2D eigenvalue weighted by Gasteiger charge is 2.36. The summed E-state index contributed by atoms with van der Waals surface area (Å²) in [6.07, 6.45) is 5.94. The Morgan fingerprint density at radius 1 is 0.844 bits per heavy atom. The predicted molar refractivity (Wildman–Crippen MR) is 143 cm³/mol. The first-order valence-electron chi connectivity index (χ1n) is 12.6. The van der Waals surface area contributed by atoms with Crippen molar-refractivity contribution in [3.05, 3.63) is 34.4 Å². The summed E-state index contributed by atoms with van der Waals surface area (Å²) in [7, 11) is -1.63. The zero-order chi connectivity index (χ0) is 24.7. The summed E-state index contributed by atoms with van der Waals surface area (Å²) in [6, 6.07) is 4.76. The molecule has 0 saturated carbocycles. The fourth-order valence-electron chi connectivity index (χ4n) is 3.58. The van der Waals surface area contributed by atoms with Crippen LogP contribution in [0.15, 0.2) is 12.1 Å². The molecule has 0 aliphatic rings. The topological polar surface area (TPSA) is 18.5 Å². The lowest BCUT2D eigenvalue weighted by atomic mass is 9.82. The van der Waals surface area contributed by atoms with E-state index in [0.717, 1.165) is 25.9 Å². The molecule has 1 atom stereocenters. The molecule has 0 aliphatic carbocycles. The van der Waals surface area contributed by atoms with Gasteiger partial charge < -0.3 is 9.16 Å². The van der Waals surface area contributed by atoms with Crippen molar-refractivity contribution in [3.63, 3.8) is 0 Å². The molecule has 32 heavy (non-hydrogen) atoms. The van der Waals surface area contributed by atoms with Crippen LogP contribution in [0.1, 0.15) is 135 Å². The minimum Gasteiger partial charge on any atom is -0.439 e. The average molecular weight is 459 g/mol. The number of unbranched alkanes of at least 4 members (excludes halogenated alkanes) is 2. The number of rotatable bonds is 10. The Morgan fingerprint density at radius 2 is 1.38 bits per heavy atom. The number of benzene rings is 1. The molecule has 0 saturated heterocycles. The monoisotopic (exact) mass is 458 g/mol. The van der Waals surface area contributed by atoms with E-state index in [1.54, 1.807) is 0 Å². The van der Waals surface area contributed by atoms with Crippen LogP contribution in [0.2, 0.25) is 18.1 Å². The maximum absolute atomic E-state index is 6.25. The molecule has 0 amide bonds. The van der Waals surface area contributed by atoms with Crippen molar-refractivity contribution in [1.29, 1.82) is 0 Å². The molecule has 1 rings (SSSR count). The smallest absolute Gasteiger partial charge is 0.191 e. The molecule has 182 valence electrons. The molecule has 0 N–H and O–H groups in total. The summed E-state index contributed by atoms with van der Waals surface area (Å²) in [5, 5.41) is 0.272. The van der Waals surface area contributed by atoms with Crippen LogP contribution < -0.4 is 0 Å². The predicted octanol–water partition coefficient (Wildman–Crippen LogP) is 9.29. The van der Waals surface area contributed by atoms with Crippen LogP contribution >= 0.6 is 0 Å². The second-order valence-corrected chi connectivity index (χ2v) is 16.5. The fraction of sp³-hybridized carbons (Fsp3) is 0.724. The first-order valence-corrected chi connectivity index (χ1v) is 15.5. The minimum atomic E-state index is -1.63. The molecule has 0 aliphatic heterocycles. The molecule has 0 bridgehead atoms. The van der Waals surface area contributed by atoms with Gasteiger partial charge in [0.2, 0.25) is 0 Å². The number of ether oxygens (including phenoxy) is 1. The van der Waals surface area contributed by atoms with Crippen LogP contribution in [-0.4, -0.2) is 14.9 Å². The molecule has 1 aromatic rings. The van der Waals surface area contributed by atoms with Crippen molar-refractivity contribution < 1.29 is 9.16 Å². The van der Waals surface area contributed by atoms with E-state index >= 15 is 0 Å². The van der Waals surface area contributed by atoms with Crippen LogP contribution in [0.3, 0.4) is 0 Å². The third-order valence-corrected chi connectivity index (χ3v) is 11.4. The van der Waals surface area contributed by atoms with Crippen LogP contribution in [0, 0.1) is 12.0 Å². The van der Waals surface area contributed by atoms with E-state index in [1.165, 1.54) is 22.3 Å². The van der Waals surface area contributed by atoms with Gasteiger partial charge in [-0.3, -0.25) is 0 Å². The molecule has 0 radical (unpaired) electrons. The Kier molecular flexibility index (Phi) is 11.1. The number of hydrogen-bond donors (Lipinski definition) is 0. The van der Waals surface area contributed by atoms with Gasteiger partial charge in [-0.1, -0.05) is 80.4 Å². The van der Waals surface area contributed by atoms with Gasteiger partial charge in [0.1, 0.15) is 12.2 Å². The molecule has 2 nitrogen and oxygen atoms in total. The van der Waals surface area contributed by atoms with E-state index in [4.69, 9.17) is 9.16 Å². The second-order valence-electron chi connectivity index (χ2n) is 11.7. The molecule has 0 heterocycles. The van der Waals surface area contributed by atoms with Gasteiger partial charge in [-0.15, -0.1) is 0 Å². The summed E-state index contributed by atoms with van der Waals surface area (Å²) < 4.78 is 12.3. The van der Waals surface area contributed by atoms with Crippen molar-refractivity contribution in [1.82, 2.24) is 0 Å². The lowest BCUT2D eigenvalue weighted by molar-refractivity contribution is 0.185. The van der Waals surface area contributed by atoms with Gasteiger partial charge in [0.25, 0.3) is 0 Å². The first kappa shape index (κ1) is 28.8. The van der Waals surface area contributed by atoms with Gasteiger partial charge in [-0.05, 0) is 72.3 Å². The Bertz CT molecular complexity index is 744. The van der Waals surface area contributed by atoms with Gasteiger partial charge >= 0.3 is 0 Å². The van der Waals surface area contributed by atoms with Crippen LogP contribution in [0.25, 0.3) is 0 Å².